The zero-order chi connectivity index (χ0) is 18.5. The number of benzene rings is 3. The molecule has 0 unspecified atom stereocenters. The molecule has 0 aliphatic rings. The Morgan fingerprint density at radius 2 is 1.67 bits per heavy atom. The van der Waals surface area contributed by atoms with Gasteiger partial charge >= 0.3 is 0 Å². The van der Waals surface area contributed by atoms with E-state index in [0.29, 0.717) is 12.3 Å². The molecule has 0 aliphatic heterocycles. The fourth-order valence-corrected chi connectivity index (χ4v) is 3.65. The van der Waals surface area contributed by atoms with Crippen LogP contribution in [0.15, 0.2) is 78.9 Å². The van der Waals surface area contributed by atoms with E-state index in [4.69, 9.17) is 4.74 Å². The molecule has 0 saturated heterocycles. The Bertz CT molecular complexity index is 1010. The molecule has 0 bridgehead atoms. The smallest absolute Gasteiger partial charge is 0.258 e. The van der Waals surface area contributed by atoms with Gasteiger partial charge in [0.05, 0.1) is 10.2 Å². The van der Waals surface area contributed by atoms with Crippen LogP contribution in [-0.2, 0) is 11.3 Å². The number of hydrogen-bond acceptors (Lipinski definition) is 4. The lowest BCUT2D eigenvalue weighted by atomic mass is 10.1. The van der Waals surface area contributed by atoms with E-state index in [9.17, 15) is 4.79 Å². The predicted octanol–water partition coefficient (Wildman–Crippen LogP) is 4.66. The fourth-order valence-electron chi connectivity index (χ4n) is 2.68. The number of para-hydroxylation sites is 2. The highest BCUT2D eigenvalue weighted by Gasteiger charge is 2.07. The van der Waals surface area contributed by atoms with Gasteiger partial charge in [-0.2, -0.15) is 0 Å². The van der Waals surface area contributed by atoms with Crippen molar-refractivity contribution in [2.45, 2.75) is 6.54 Å². The van der Waals surface area contributed by atoms with Crippen LogP contribution in [0.3, 0.4) is 0 Å². The first-order chi connectivity index (χ1) is 13.3. The first-order valence-electron chi connectivity index (χ1n) is 8.67. The van der Waals surface area contributed by atoms with Crippen molar-refractivity contribution in [3.05, 3.63) is 84.4 Å². The molecule has 1 N–H and O–H groups in total. The van der Waals surface area contributed by atoms with Crippen LogP contribution in [0.2, 0.25) is 0 Å². The average molecular weight is 374 g/mol. The quantitative estimate of drug-likeness (QED) is 0.534. The van der Waals surface area contributed by atoms with Crippen LogP contribution in [0.5, 0.6) is 5.75 Å². The van der Waals surface area contributed by atoms with Crippen LogP contribution in [0.25, 0.3) is 20.8 Å². The third kappa shape index (κ3) is 4.33. The van der Waals surface area contributed by atoms with Crippen LogP contribution >= 0.6 is 11.3 Å². The number of nitrogens with one attached hydrogen (secondary N) is 1. The Labute approximate surface area is 161 Å². The number of aromatic nitrogens is 1. The lowest BCUT2D eigenvalue weighted by Gasteiger charge is -2.08. The maximum atomic E-state index is 11.9. The number of nitrogens with zero attached hydrogens (tertiary/aromatic N) is 1. The molecule has 134 valence electrons. The monoisotopic (exact) mass is 374 g/mol. The normalized spacial score (nSPS) is 10.7. The third-order valence-corrected chi connectivity index (χ3v) is 5.18. The van der Waals surface area contributed by atoms with E-state index in [1.165, 1.54) is 4.70 Å². The molecule has 1 heterocycles. The van der Waals surface area contributed by atoms with Crippen molar-refractivity contribution in [2.75, 3.05) is 6.61 Å². The van der Waals surface area contributed by atoms with Gasteiger partial charge in [-0.05, 0) is 29.8 Å². The van der Waals surface area contributed by atoms with E-state index >= 15 is 0 Å². The molecule has 5 heteroatoms. The van der Waals surface area contributed by atoms with Crippen LogP contribution < -0.4 is 10.1 Å². The van der Waals surface area contributed by atoms with Crippen LogP contribution in [0.1, 0.15) is 5.56 Å². The second kappa shape index (κ2) is 8.01. The van der Waals surface area contributed by atoms with Gasteiger partial charge in [-0.1, -0.05) is 54.6 Å². The van der Waals surface area contributed by atoms with Gasteiger partial charge in [0.2, 0.25) is 0 Å². The first kappa shape index (κ1) is 17.2. The van der Waals surface area contributed by atoms with Gasteiger partial charge in [-0.15, -0.1) is 11.3 Å². The van der Waals surface area contributed by atoms with Crippen molar-refractivity contribution in [1.29, 1.82) is 0 Å². The molecule has 0 fully saturated rings. The molecule has 27 heavy (non-hydrogen) atoms. The summed E-state index contributed by atoms with van der Waals surface area (Å²) in [5.74, 6) is 0.543. The molecule has 0 aliphatic carbocycles. The number of ether oxygens (including phenoxy) is 1. The summed E-state index contributed by atoms with van der Waals surface area (Å²) in [4.78, 5) is 16.6. The third-order valence-electron chi connectivity index (χ3n) is 4.10. The number of rotatable bonds is 6. The molecular formula is C22H18N2O2S. The number of carbonyl (C=O) groups is 1. The maximum absolute atomic E-state index is 11.9. The number of carbonyl (C=O) groups excluding carboxylic acids is 1. The summed E-state index contributed by atoms with van der Waals surface area (Å²) < 4.78 is 6.63. The van der Waals surface area contributed by atoms with Crippen molar-refractivity contribution < 1.29 is 9.53 Å². The predicted molar refractivity (Wildman–Crippen MR) is 109 cm³/mol. The molecule has 1 amide bonds. The molecule has 0 radical (unpaired) electrons. The number of amides is 1. The zero-order valence-corrected chi connectivity index (χ0v) is 15.4. The van der Waals surface area contributed by atoms with E-state index in [0.717, 1.165) is 21.7 Å². The van der Waals surface area contributed by atoms with E-state index in [1.54, 1.807) is 11.3 Å². The summed E-state index contributed by atoms with van der Waals surface area (Å²) in [5, 5.41) is 3.88. The highest BCUT2D eigenvalue weighted by Crippen LogP contribution is 2.29. The second-order valence-electron chi connectivity index (χ2n) is 6.06. The molecule has 4 rings (SSSR count). The fraction of sp³-hybridized carbons (Fsp3) is 0.0909. The van der Waals surface area contributed by atoms with E-state index in [2.05, 4.69) is 16.4 Å². The van der Waals surface area contributed by atoms with Crippen LogP contribution in [0.4, 0.5) is 0 Å². The van der Waals surface area contributed by atoms with Crippen molar-refractivity contribution in [2.24, 2.45) is 0 Å². The highest BCUT2D eigenvalue weighted by molar-refractivity contribution is 7.21. The minimum atomic E-state index is -0.144. The Morgan fingerprint density at radius 1 is 0.926 bits per heavy atom. The van der Waals surface area contributed by atoms with Gasteiger partial charge in [0.15, 0.2) is 6.61 Å². The van der Waals surface area contributed by atoms with Gasteiger partial charge < -0.3 is 10.1 Å². The molecule has 0 spiro atoms. The van der Waals surface area contributed by atoms with Crippen molar-refractivity contribution in [1.82, 2.24) is 10.3 Å². The Kier molecular flexibility index (Phi) is 5.12. The van der Waals surface area contributed by atoms with Gasteiger partial charge in [-0.25, -0.2) is 4.98 Å². The van der Waals surface area contributed by atoms with Gasteiger partial charge in [0, 0.05) is 12.1 Å². The minimum absolute atomic E-state index is 0.00774. The second-order valence-corrected chi connectivity index (χ2v) is 7.09. The Balaban J connectivity index is 1.33. The molecule has 4 nitrogen and oxygen atoms in total. The highest BCUT2D eigenvalue weighted by atomic mass is 32.1. The summed E-state index contributed by atoms with van der Waals surface area (Å²) in [6.07, 6.45) is 0. The molecule has 4 aromatic rings. The Hall–Kier alpha value is -3.18. The minimum Gasteiger partial charge on any atom is -0.484 e. The van der Waals surface area contributed by atoms with Gasteiger partial charge in [-0.3, -0.25) is 4.79 Å². The zero-order valence-electron chi connectivity index (χ0n) is 14.6. The summed E-state index contributed by atoms with van der Waals surface area (Å²) in [6.45, 7) is 0.477. The van der Waals surface area contributed by atoms with Crippen molar-refractivity contribution >= 4 is 27.5 Å². The summed E-state index contributed by atoms with van der Waals surface area (Å²) in [7, 11) is 0. The number of fused-ring (bicyclic) bond motifs is 1. The Morgan fingerprint density at radius 3 is 2.44 bits per heavy atom. The first-order valence-corrected chi connectivity index (χ1v) is 9.49. The molecule has 1 aromatic heterocycles. The van der Waals surface area contributed by atoms with E-state index in [-0.39, 0.29) is 12.5 Å². The SMILES string of the molecule is O=C(COc1ccccc1)NCc1ccc(-c2nc3ccccc3s2)cc1. The molecular weight excluding hydrogens is 356 g/mol. The molecule has 0 atom stereocenters. The largest absolute Gasteiger partial charge is 0.484 e. The summed E-state index contributed by atoms with van der Waals surface area (Å²) in [6, 6.07) is 25.6. The van der Waals surface area contributed by atoms with E-state index < -0.39 is 0 Å². The summed E-state index contributed by atoms with van der Waals surface area (Å²) in [5.41, 5.74) is 3.14. The average Bonchev–Trinajstić information content (AvgIpc) is 3.16. The van der Waals surface area contributed by atoms with Crippen molar-refractivity contribution in [3.8, 4) is 16.3 Å². The summed E-state index contributed by atoms with van der Waals surface area (Å²) >= 11 is 1.68. The van der Waals surface area contributed by atoms with Gasteiger partial charge in [0.25, 0.3) is 5.91 Å². The van der Waals surface area contributed by atoms with Crippen molar-refractivity contribution in [3.63, 3.8) is 0 Å². The lowest BCUT2D eigenvalue weighted by molar-refractivity contribution is -0.123. The molecule has 3 aromatic carbocycles. The molecule has 0 saturated carbocycles. The maximum Gasteiger partial charge on any atom is 0.258 e. The standard InChI is InChI=1S/C22H18N2O2S/c25-21(15-26-18-6-2-1-3-7-18)23-14-16-10-12-17(13-11-16)22-24-19-8-4-5-9-20(19)27-22/h1-13H,14-15H2,(H,23,25). The number of hydrogen-bond donors (Lipinski definition) is 1. The van der Waals surface area contributed by atoms with Crippen LogP contribution in [0, 0.1) is 0 Å². The topological polar surface area (TPSA) is 51.2 Å². The van der Waals surface area contributed by atoms with Crippen LogP contribution in [-0.4, -0.2) is 17.5 Å². The lowest BCUT2D eigenvalue weighted by Crippen LogP contribution is -2.28. The van der Waals surface area contributed by atoms with Gasteiger partial charge in [0.1, 0.15) is 10.8 Å². The number of thiazole rings is 1. The van der Waals surface area contributed by atoms with E-state index in [1.807, 2.05) is 72.8 Å².